The quantitative estimate of drug-likeness (QED) is 0.775. The average molecular weight is 262 g/mol. The number of benzene rings is 1. The van der Waals surface area contributed by atoms with Crippen LogP contribution in [-0.2, 0) is 4.79 Å². The standard InChI is InChI=1S/C14H18N2O3/c15-12-4-2-1-3-11(12)13(17)16-10-7-5-9(6-8-10)14(18)19/h5-8,11-12H,1-4,15H2,(H,16,17)(H,18,19). The molecule has 0 aliphatic heterocycles. The Morgan fingerprint density at radius 1 is 1.16 bits per heavy atom. The number of carboxylic acids is 1. The molecular weight excluding hydrogens is 244 g/mol. The highest BCUT2D eigenvalue weighted by atomic mass is 16.4. The van der Waals surface area contributed by atoms with E-state index in [9.17, 15) is 9.59 Å². The van der Waals surface area contributed by atoms with Crippen LogP contribution < -0.4 is 11.1 Å². The number of hydrogen-bond acceptors (Lipinski definition) is 3. The number of aromatic carboxylic acids is 1. The molecule has 0 heterocycles. The van der Waals surface area contributed by atoms with Crippen molar-refractivity contribution >= 4 is 17.6 Å². The summed E-state index contributed by atoms with van der Waals surface area (Å²) < 4.78 is 0. The molecule has 0 spiro atoms. The van der Waals surface area contributed by atoms with Crippen molar-refractivity contribution < 1.29 is 14.7 Å². The van der Waals surface area contributed by atoms with E-state index < -0.39 is 5.97 Å². The first-order valence-electron chi connectivity index (χ1n) is 6.48. The minimum atomic E-state index is -0.979. The predicted octanol–water partition coefficient (Wildman–Crippen LogP) is 1.84. The Kier molecular flexibility index (Phi) is 4.16. The van der Waals surface area contributed by atoms with Crippen molar-refractivity contribution in [3.05, 3.63) is 29.8 Å². The highest BCUT2D eigenvalue weighted by Gasteiger charge is 2.28. The third kappa shape index (κ3) is 3.32. The molecule has 1 saturated carbocycles. The van der Waals surface area contributed by atoms with Crippen molar-refractivity contribution in [2.75, 3.05) is 5.32 Å². The number of nitrogens with one attached hydrogen (secondary N) is 1. The molecular formula is C14H18N2O3. The van der Waals surface area contributed by atoms with Crippen LogP contribution >= 0.6 is 0 Å². The molecule has 0 bridgehead atoms. The van der Waals surface area contributed by atoms with Gasteiger partial charge in [0, 0.05) is 11.7 Å². The van der Waals surface area contributed by atoms with Gasteiger partial charge >= 0.3 is 5.97 Å². The van der Waals surface area contributed by atoms with Crippen LogP contribution in [-0.4, -0.2) is 23.0 Å². The van der Waals surface area contributed by atoms with Gasteiger partial charge in [0.15, 0.2) is 0 Å². The van der Waals surface area contributed by atoms with Crippen molar-refractivity contribution in [2.45, 2.75) is 31.7 Å². The van der Waals surface area contributed by atoms with E-state index in [4.69, 9.17) is 10.8 Å². The predicted molar refractivity (Wildman–Crippen MR) is 72.0 cm³/mol. The van der Waals surface area contributed by atoms with Crippen molar-refractivity contribution in [1.29, 1.82) is 0 Å². The van der Waals surface area contributed by atoms with E-state index in [1.54, 1.807) is 12.1 Å². The van der Waals surface area contributed by atoms with Crippen molar-refractivity contribution in [2.24, 2.45) is 11.7 Å². The van der Waals surface area contributed by atoms with Gasteiger partial charge in [-0.15, -0.1) is 0 Å². The molecule has 5 nitrogen and oxygen atoms in total. The molecule has 5 heteroatoms. The Hall–Kier alpha value is -1.88. The van der Waals surface area contributed by atoms with Crippen LogP contribution in [0.15, 0.2) is 24.3 Å². The summed E-state index contributed by atoms with van der Waals surface area (Å²) in [5, 5.41) is 11.6. The van der Waals surface area contributed by atoms with E-state index in [0.29, 0.717) is 5.69 Å². The summed E-state index contributed by atoms with van der Waals surface area (Å²) in [6.45, 7) is 0. The fourth-order valence-electron chi connectivity index (χ4n) is 2.42. The molecule has 0 radical (unpaired) electrons. The summed E-state index contributed by atoms with van der Waals surface area (Å²) >= 11 is 0. The Morgan fingerprint density at radius 2 is 1.79 bits per heavy atom. The summed E-state index contributed by atoms with van der Waals surface area (Å²) in [5.74, 6) is -1.20. The molecule has 1 amide bonds. The number of hydrogen-bond donors (Lipinski definition) is 3. The maximum Gasteiger partial charge on any atom is 0.335 e. The molecule has 1 aliphatic rings. The maximum absolute atomic E-state index is 12.1. The number of carboxylic acid groups (broad SMARTS) is 1. The molecule has 1 fully saturated rings. The molecule has 2 rings (SSSR count). The first kappa shape index (κ1) is 13.5. The fourth-order valence-corrected chi connectivity index (χ4v) is 2.42. The van der Waals surface area contributed by atoms with Crippen molar-refractivity contribution in [3.63, 3.8) is 0 Å². The highest BCUT2D eigenvalue weighted by Crippen LogP contribution is 2.24. The zero-order chi connectivity index (χ0) is 13.8. The molecule has 1 aliphatic carbocycles. The van der Waals surface area contributed by atoms with E-state index in [0.717, 1.165) is 25.7 Å². The molecule has 1 aromatic rings. The number of amides is 1. The topological polar surface area (TPSA) is 92.4 Å². The second-order valence-corrected chi connectivity index (χ2v) is 4.93. The van der Waals surface area contributed by atoms with Crippen LogP contribution in [0.2, 0.25) is 0 Å². The zero-order valence-corrected chi connectivity index (χ0v) is 10.6. The Bertz CT molecular complexity index is 470. The van der Waals surface area contributed by atoms with Gasteiger partial charge in [0.05, 0.1) is 11.5 Å². The summed E-state index contributed by atoms with van der Waals surface area (Å²) in [6, 6.07) is 6.05. The summed E-state index contributed by atoms with van der Waals surface area (Å²) in [5.41, 5.74) is 6.76. The molecule has 4 N–H and O–H groups in total. The third-order valence-corrected chi connectivity index (χ3v) is 3.56. The van der Waals surface area contributed by atoms with Gasteiger partial charge in [-0.05, 0) is 37.1 Å². The van der Waals surface area contributed by atoms with E-state index in [2.05, 4.69) is 5.32 Å². The van der Waals surface area contributed by atoms with E-state index in [1.165, 1.54) is 12.1 Å². The molecule has 19 heavy (non-hydrogen) atoms. The van der Waals surface area contributed by atoms with Crippen LogP contribution in [0.4, 0.5) is 5.69 Å². The number of carbonyl (C=O) groups is 2. The maximum atomic E-state index is 12.1. The number of carbonyl (C=O) groups excluding carboxylic acids is 1. The van der Waals surface area contributed by atoms with Gasteiger partial charge in [0.25, 0.3) is 0 Å². The van der Waals surface area contributed by atoms with Gasteiger partial charge in [-0.25, -0.2) is 4.79 Å². The lowest BCUT2D eigenvalue weighted by atomic mass is 9.84. The molecule has 1 aromatic carbocycles. The summed E-state index contributed by atoms with van der Waals surface area (Å²) in [6.07, 6.45) is 3.82. The Labute approximate surface area is 111 Å². The number of rotatable bonds is 3. The van der Waals surface area contributed by atoms with Gasteiger partial charge in [-0.3, -0.25) is 4.79 Å². The van der Waals surface area contributed by atoms with Crippen LogP contribution in [0.1, 0.15) is 36.0 Å². The second-order valence-electron chi connectivity index (χ2n) is 4.93. The average Bonchev–Trinajstić information content (AvgIpc) is 2.39. The lowest BCUT2D eigenvalue weighted by molar-refractivity contribution is -0.121. The molecule has 0 saturated heterocycles. The monoisotopic (exact) mass is 262 g/mol. The molecule has 2 atom stereocenters. The van der Waals surface area contributed by atoms with E-state index >= 15 is 0 Å². The minimum Gasteiger partial charge on any atom is -0.478 e. The van der Waals surface area contributed by atoms with Gasteiger partial charge in [0.2, 0.25) is 5.91 Å². The van der Waals surface area contributed by atoms with E-state index in [1.807, 2.05) is 0 Å². The van der Waals surface area contributed by atoms with Gasteiger partial charge in [-0.1, -0.05) is 12.8 Å². The molecule has 2 unspecified atom stereocenters. The lowest BCUT2D eigenvalue weighted by Crippen LogP contribution is -2.40. The molecule has 102 valence electrons. The second kappa shape index (κ2) is 5.84. The normalized spacial score (nSPS) is 22.8. The summed E-state index contributed by atoms with van der Waals surface area (Å²) in [4.78, 5) is 22.8. The van der Waals surface area contributed by atoms with Gasteiger partial charge in [-0.2, -0.15) is 0 Å². The third-order valence-electron chi connectivity index (χ3n) is 3.56. The first-order valence-corrected chi connectivity index (χ1v) is 6.48. The first-order chi connectivity index (χ1) is 9.08. The Balaban J connectivity index is 2.00. The van der Waals surface area contributed by atoms with Crippen LogP contribution in [0, 0.1) is 5.92 Å². The number of nitrogens with two attached hydrogens (primary N) is 1. The SMILES string of the molecule is NC1CCCCC1C(=O)Nc1ccc(C(=O)O)cc1. The van der Waals surface area contributed by atoms with Gasteiger partial charge in [0.1, 0.15) is 0 Å². The smallest absolute Gasteiger partial charge is 0.335 e. The fraction of sp³-hybridized carbons (Fsp3) is 0.429. The van der Waals surface area contributed by atoms with Crippen LogP contribution in [0.3, 0.4) is 0 Å². The van der Waals surface area contributed by atoms with Crippen molar-refractivity contribution in [3.8, 4) is 0 Å². The van der Waals surface area contributed by atoms with Crippen molar-refractivity contribution in [1.82, 2.24) is 0 Å². The van der Waals surface area contributed by atoms with Crippen LogP contribution in [0.5, 0.6) is 0 Å². The molecule has 0 aromatic heterocycles. The van der Waals surface area contributed by atoms with E-state index in [-0.39, 0.29) is 23.4 Å². The number of anilines is 1. The zero-order valence-electron chi connectivity index (χ0n) is 10.6. The summed E-state index contributed by atoms with van der Waals surface area (Å²) in [7, 11) is 0. The largest absolute Gasteiger partial charge is 0.478 e. The van der Waals surface area contributed by atoms with Crippen LogP contribution in [0.25, 0.3) is 0 Å². The minimum absolute atomic E-state index is 0.0738. The van der Waals surface area contributed by atoms with Gasteiger partial charge < -0.3 is 16.2 Å². The Morgan fingerprint density at radius 3 is 2.37 bits per heavy atom. The lowest BCUT2D eigenvalue weighted by Gasteiger charge is -2.27. The highest BCUT2D eigenvalue weighted by molar-refractivity contribution is 5.94.